The zero-order chi connectivity index (χ0) is 23.8. The molecule has 33 heavy (non-hydrogen) atoms. The van der Waals surface area contributed by atoms with Gasteiger partial charge >= 0.3 is 6.01 Å². The molecular weight excluding hydrogens is 418 g/mol. The second-order valence-corrected chi connectivity index (χ2v) is 7.44. The Morgan fingerprint density at radius 3 is 2.12 bits per heavy atom. The van der Waals surface area contributed by atoms with Gasteiger partial charge in [-0.2, -0.15) is 0 Å². The largest absolute Gasteiger partial charge is 0.497 e. The molecule has 0 radical (unpaired) electrons. The first-order valence-corrected chi connectivity index (χ1v) is 10.9. The molecule has 1 unspecified atom stereocenters. The van der Waals surface area contributed by atoms with E-state index in [4.69, 9.17) is 19.2 Å². The fourth-order valence-electron chi connectivity index (χ4n) is 3.54. The van der Waals surface area contributed by atoms with Crippen LogP contribution in [0.4, 0.5) is 5.69 Å². The van der Waals surface area contributed by atoms with Crippen LogP contribution in [0.5, 0.6) is 17.5 Å². The molecule has 0 saturated carbocycles. The van der Waals surface area contributed by atoms with Crippen LogP contribution in [0, 0.1) is 0 Å². The van der Waals surface area contributed by atoms with Crippen molar-refractivity contribution in [3.8, 4) is 28.8 Å². The smallest absolute Gasteiger partial charge is 0.316 e. The Kier molecular flexibility index (Phi) is 8.18. The van der Waals surface area contributed by atoms with E-state index < -0.39 is 0 Å². The van der Waals surface area contributed by atoms with Gasteiger partial charge in [0, 0.05) is 54.4 Å². The third kappa shape index (κ3) is 5.77. The molecule has 2 heterocycles. The number of benzene rings is 1. The summed E-state index contributed by atoms with van der Waals surface area (Å²) in [5.74, 6) is 1.50. The Morgan fingerprint density at radius 1 is 0.909 bits per heavy atom. The topological polar surface area (TPSA) is 82.5 Å². The maximum Gasteiger partial charge on any atom is 0.316 e. The number of anilines is 1. The van der Waals surface area contributed by atoms with Crippen molar-refractivity contribution in [3.05, 3.63) is 47.5 Å². The number of rotatable bonds is 9. The number of aromatic nitrogens is 4. The van der Waals surface area contributed by atoms with Crippen molar-refractivity contribution in [1.29, 1.82) is 0 Å². The van der Waals surface area contributed by atoms with Crippen molar-refractivity contribution >= 4 is 17.8 Å². The van der Waals surface area contributed by atoms with E-state index in [1.807, 2.05) is 31.2 Å². The molecule has 0 aliphatic rings. The van der Waals surface area contributed by atoms with Crippen molar-refractivity contribution in [3.63, 3.8) is 0 Å². The zero-order valence-corrected chi connectivity index (χ0v) is 20.1. The highest BCUT2D eigenvalue weighted by Crippen LogP contribution is 2.30. The first-order chi connectivity index (χ1) is 16.0. The summed E-state index contributed by atoms with van der Waals surface area (Å²) in [6, 6.07) is 6.27. The molecule has 1 atom stereocenters. The van der Waals surface area contributed by atoms with Gasteiger partial charge in [-0.05, 0) is 26.3 Å². The van der Waals surface area contributed by atoms with Gasteiger partial charge in [0.2, 0.25) is 0 Å². The average molecular weight is 450 g/mol. The highest BCUT2D eigenvalue weighted by molar-refractivity contribution is 5.59. The Bertz CT molecular complexity index is 1160. The molecule has 0 spiro atoms. The minimum Gasteiger partial charge on any atom is -0.497 e. The molecule has 0 saturated heterocycles. The van der Waals surface area contributed by atoms with E-state index in [9.17, 15) is 0 Å². The lowest BCUT2D eigenvalue weighted by Crippen LogP contribution is -2.38. The molecule has 0 aliphatic heterocycles. The van der Waals surface area contributed by atoms with Gasteiger partial charge in [0.15, 0.2) is 0 Å². The van der Waals surface area contributed by atoms with Crippen molar-refractivity contribution in [2.24, 2.45) is 0 Å². The molecule has 1 aromatic carbocycles. The van der Waals surface area contributed by atoms with Crippen molar-refractivity contribution < 1.29 is 14.2 Å². The molecule has 3 aromatic rings. The maximum absolute atomic E-state index is 5.48. The summed E-state index contributed by atoms with van der Waals surface area (Å²) < 4.78 is 16.0. The van der Waals surface area contributed by atoms with Crippen LogP contribution in [0.1, 0.15) is 27.2 Å². The molecule has 0 N–H and O–H groups in total. The SMILES string of the molecule is C/C=c1/ncc(-c2cnc(OC)nc2)n/c1=C/C(C)N(CCC)c1cc(OC)cc(OC)c1. The van der Waals surface area contributed by atoms with Crippen LogP contribution >= 0.6 is 0 Å². The van der Waals surface area contributed by atoms with Gasteiger partial charge in [0.1, 0.15) is 11.5 Å². The van der Waals surface area contributed by atoms with E-state index in [0.29, 0.717) is 11.7 Å². The predicted octanol–water partition coefficient (Wildman–Crippen LogP) is 2.85. The molecule has 0 fully saturated rings. The van der Waals surface area contributed by atoms with Gasteiger partial charge in [0.25, 0.3) is 0 Å². The minimum atomic E-state index is 0.0390. The predicted molar refractivity (Wildman–Crippen MR) is 130 cm³/mol. The molecule has 0 bridgehead atoms. The summed E-state index contributed by atoms with van der Waals surface area (Å²) in [7, 11) is 4.85. The third-order valence-electron chi connectivity index (χ3n) is 5.23. The normalized spacial score (nSPS) is 13.0. The average Bonchev–Trinajstić information content (AvgIpc) is 2.86. The van der Waals surface area contributed by atoms with Crippen LogP contribution in [-0.2, 0) is 0 Å². The lowest BCUT2D eigenvalue weighted by atomic mass is 10.1. The van der Waals surface area contributed by atoms with Crippen molar-refractivity contribution in [2.75, 3.05) is 32.8 Å². The van der Waals surface area contributed by atoms with E-state index in [-0.39, 0.29) is 6.04 Å². The fourth-order valence-corrected chi connectivity index (χ4v) is 3.54. The first-order valence-electron chi connectivity index (χ1n) is 10.9. The lowest BCUT2D eigenvalue weighted by molar-refractivity contribution is 0.380. The van der Waals surface area contributed by atoms with Crippen LogP contribution in [0.15, 0.2) is 36.8 Å². The number of ether oxygens (including phenoxy) is 3. The Labute approximate surface area is 194 Å². The third-order valence-corrected chi connectivity index (χ3v) is 5.23. The summed E-state index contributed by atoms with van der Waals surface area (Å²) in [5.41, 5.74) is 2.49. The summed E-state index contributed by atoms with van der Waals surface area (Å²) in [6.45, 7) is 7.12. The Hall–Kier alpha value is -3.68. The molecule has 8 heteroatoms. The zero-order valence-electron chi connectivity index (χ0n) is 20.1. The van der Waals surface area contributed by atoms with Gasteiger partial charge < -0.3 is 19.1 Å². The highest BCUT2D eigenvalue weighted by Gasteiger charge is 2.15. The number of methoxy groups -OCH3 is 3. The number of hydrogen-bond donors (Lipinski definition) is 0. The van der Waals surface area contributed by atoms with Crippen LogP contribution in [-0.4, -0.2) is 53.9 Å². The van der Waals surface area contributed by atoms with E-state index in [0.717, 1.165) is 46.4 Å². The number of hydrogen-bond acceptors (Lipinski definition) is 8. The van der Waals surface area contributed by atoms with Crippen LogP contribution < -0.4 is 29.8 Å². The first kappa shape index (κ1) is 24.0. The van der Waals surface area contributed by atoms with E-state index in [1.165, 1.54) is 7.11 Å². The van der Waals surface area contributed by atoms with E-state index in [1.54, 1.807) is 32.8 Å². The highest BCUT2D eigenvalue weighted by atomic mass is 16.5. The molecule has 174 valence electrons. The number of nitrogens with zero attached hydrogens (tertiary/aromatic N) is 5. The van der Waals surface area contributed by atoms with E-state index >= 15 is 0 Å². The minimum absolute atomic E-state index is 0.0390. The van der Waals surface area contributed by atoms with Gasteiger partial charge in [-0.25, -0.2) is 15.0 Å². The van der Waals surface area contributed by atoms with Gasteiger partial charge in [-0.15, -0.1) is 0 Å². The monoisotopic (exact) mass is 449 g/mol. The van der Waals surface area contributed by atoms with E-state index in [2.05, 4.69) is 39.8 Å². The molecule has 0 amide bonds. The lowest BCUT2D eigenvalue weighted by Gasteiger charge is -2.30. The standard InChI is InChI=1S/C25H31N5O3/c1-7-9-30(19-11-20(31-4)13-21(12-19)32-5)17(3)10-23-22(8-2)26-16-24(29-23)18-14-27-25(33-6)28-15-18/h8,10-17H,7,9H2,1-6H3/b22-8+,23-10+. The summed E-state index contributed by atoms with van der Waals surface area (Å²) in [6.07, 6.45) is 10.2. The second-order valence-electron chi connectivity index (χ2n) is 7.44. The molecule has 2 aromatic heterocycles. The Balaban J connectivity index is 2.05. The van der Waals surface area contributed by atoms with Crippen LogP contribution in [0.3, 0.4) is 0 Å². The molecular formula is C25H31N5O3. The molecule has 0 aliphatic carbocycles. The molecule has 8 nitrogen and oxygen atoms in total. The van der Waals surface area contributed by atoms with Crippen LogP contribution in [0.2, 0.25) is 0 Å². The molecule has 3 rings (SSSR count). The maximum atomic E-state index is 5.48. The van der Waals surface area contributed by atoms with Gasteiger partial charge in [0.05, 0.1) is 43.9 Å². The summed E-state index contributed by atoms with van der Waals surface area (Å²) in [4.78, 5) is 20.1. The summed E-state index contributed by atoms with van der Waals surface area (Å²) in [5, 5.41) is 1.62. The van der Waals surface area contributed by atoms with Gasteiger partial charge in [-0.1, -0.05) is 13.0 Å². The Morgan fingerprint density at radius 2 is 1.58 bits per heavy atom. The quantitative estimate of drug-likeness (QED) is 0.493. The van der Waals surface area contributed by atoms with Crippen molar-refractivity contribution in [2.45, 2.75) is 33.2 Å². The van der Waals surface area contributed by atoms with Gasteiger partial charge in [-0.3, -0.25) is 4.98 Å². The second kappa shape index (κ2) is 11.3. The van der Waals surface area contributed by atoms with Crippen LogP contribution in [0.25, 0.3) is 23.4 Å². The fraction of sp³-hybridized carbons (Fsp3) is 0.360. The summed E-state index contributed by atoms with van der Waals surface area (Å²) >= 11 is 0. The van der Waals surface area contributed by atoms with Crippen molar-refractivity contribution in [1.82, 2.24) is 19.9 Å².